The minimum Gasteiger partial charge on any atom is -0.321 e. The van der Waals surface area contributed by atoms with Crippen molar-refractivity contribution < 1.29 is 9.28 Å². The number of likely N-dealkylation sites (N-methyl/N-ethyl adjacent to an activating group) is 1. The lowest BCUT2D eigenvalue weighted by Gasteiger charge is -2.36. The topological polar surface area (TPSA) is 29.1 Å². The van der Waals surface area contributed by atoms with Crippen LogP contribution in [0.15, 0.2) is 12.1 Å². The highest BCUT2D eigenvalue weighted by Gasteiger charge is 2.29. The number of aryl methyl sites for hydroxylation is 3. The molecular weight excluding hydrogens is 272 g/mol. The summed E-state index contributed by atoms with van der Waals surface area (Å²) in [6.45, 7) is 12.4. The van der Waals surface area contributed by atoms with E-state index in [1.54, 1.807) is 0 Å². The Labute approximate surface area is 135 Å². The monoisotopic (exact) mass is 303 g/mol. The van der Waals surface area contributed by atoms with Crippen LogP contribution in [0, 0.1) is 20.8 Å². The smallest absolute Gasteiger partial charge is 0.279 e. The molecule has 1 heterocycles. The van der Waals surface area contributed by atoms with Crippen LogP contribution < -0.4 is 5.32 Å². The molecule has 122 valence electrons. The molecule has 0 spiro atoms. The third-order valence-electron chi connectivity index (χ3n) is 5.11. The standard InChI is InChI=1S/C19H30N2O/c1-5-21(10-8-6-7-9-11-21)14-18(22)20-19-16(3)12-15(2)13-17(19)4/h12-13H,5-11,14H2,1-4H3/p+1. The second-order valence-corrected chi connectivity index (χ2v) is 7.00. The summed E-state index contributed by atoms with van der Waals surface area (Å²) in [5.41, 5.74) is 4.56. The summed E-state index contributed by atoms with van der Waals surface area (Å²) < 4.78 is 0.954. The SMILES string of the molecule is CC[N+]1(CC(=O)Nc2c(C)cc(C)cc2C)CCCCCC1. The van der Waals surface area contributed by atoms with E-state index in [2.05, 4.69) is 45.1 Å². The first kappa shape index (κ1) is 17.0. The van der Waals surface area contributed by atoms with Crippen molar-refractivity contribution in [2.75, 3.05) is 31.5 Å². The number of carbonyl (C=O) groups is 1. The second-order valence-electron chi connectivity index (χ2n) is 7.00. The van der Waals surface area contributed by atoms with E-state index in [0.29, 0.717) is 6.54 Å². The van der Waals surface area contributed by atoms with Crippen LogP contribution in [0.1, 0.15) is 49.3 Å². The zero-order chi connectivity index (χ0) is 16.2. The predicted octanol–water partition coefficient (Wildman–Crippen LogP) is 3.96. The molecule has 0 radical (unpaired) electrons. The van der Waals surface area contributed by atoms with Crippen molar-refractivity contribution >= 4 is 11.6 Å². The van der Waals surface area contributed by atoms with E-state index in [9.17, 15) is 4.79 Å². The van der Waals surface area contributed by atoms with Crippen molar-refractivity contribution in [1.29, 1.82) is 0 Å². The molecule has 1 aromatic carbocycles. The van der Waals surface area contributed by atoms with E-state index in [1.807, 2.05) is 0 Å². The molecule has 1 amide bonds. The molecule has 0 saturated carbocycles. The molecule has 1 fully saturated rings. The highest BCUT2D eigenvalue weighted by Crippen LogP contribution is 2.23. The largest absolute Gasteiger partial charge is 0.321 e. The maximum absolute atomic E-state index is 12.6. The van der Waals surface area contributed by atoms with Crippen molar-refractivity contribution in [3.05, 3.63) is 28.8 Å². The van der Waals surface area contributed by atoms with Gasteiger partial charge in [-0.1, -0.05) is 17.7 Å². The first-order valence-corrected chi connectivity index (χ1v) is 8.68. The van der Waals surface area contributed by atoms with E-state index in [-0.39, 0.29) is 5.91 Å². The summed E-state index contributed by atoms with van der Waals surface area (Å²) in [6, 6.07) is 4.28. The average Bonchev–Trinajstić information content (AvgIpc) is 2.69. The Balaban J connectivity index is 2.09. The molecule has 1 N–H and O–H groups in total. The minimum atomic E-state index is 0.166. The number of anilines is 1. The number of quaternary nitrogens is 1. The molecule has 1 aliphatic heterocycles. The predicted molar refractivity (Wildman–Crippen MR) is 93.2 cm³/mol. The van der Waals surface area contributed by atoms with Crippen LogP contribution in [-0.4, -0.2) is 36.6 Å². The zero-order valence-electron chi connectivity index (χ0n) is 14.7. The lowest BCUT2D eigenvalue weighted by atomic mass is 10.1. The van der Waals surface area contributed by atoms with Crippen molar-refractivity contribution in [3.8, 4) is 0 Å². The van der Waals surface area contributed by atoms with Gasteiger partial charge in [-0.3, -0.25) is 4.79 Å². The van der Waals surface area contributed by atoms with Gasteiger partial charge in [0.1, 0.15) is 0 Å². The van der Waals surface area contributed by atoms with Gasteiger partial charge in [-0.05, 0) is 64.5 Å². The number of amides is 1. The van der Waals surface area contributed by atoms with Gasteiger partial charge in [0.05, 0.1) is 19.6 Å². The van der Waals surface area contributed by atoms with Gasteiger partial charge in [-0.25, -0.2) is 0 Å². The minimum absolute atomic E-state index is 0.166. The zero-order valence-corrected chi connectivity index (χ0v) is 14.7. The molecule has 0 bridgehead atoms. The molecule has 0 aromatic heterocycles. The molecule has 0 aliphatic carbocycles. The van der Waals surface area contributed by atoms with E-state index >= 15 is 0 Å². The molecule has 0 atom stereocenters. The van der Waals surface area contributed by atoms with Gasteiger partial charge in [0.2, 0.25) is 0 Å². The summed E-state index contributed by atoms with van der Waals surface area (Å²) >= 11 is 0. The summed E-state index contributed by atoms with van der Waals surface area (Å²) in [7, 11) is 0. The lowest BCUT2D eigenvalue weighted by Crippen LogP contribution is -2.52. The molecule has 22 heavy (non-hydrogen) atoms. The summed E-state index contributed by atoms with van der Waals surface area (Å²) in [5, 5.41) is 3.18. The fraction of sp³-hybridized carbons (Fsp3) is 0.632. The Morgan fingerprint density at radius 1 is 1.05 bits per heavy atom. The second kappa shape index (κ2) is 7.28. The third kappa shape index (κ3) is 4.10. The number of likely N-dealkylation sites (tertiary alicyclic amines) is 1. The van der Waals surface area contributed by atoms with Gasteiger partial charge < -0.3 is 9.80 Å². The number of hydrogen-bond acceptors (Lipinski definition) is 1. The highest BCUT2D eigenvalue weighted by molar-refractivity contribution is 5.93. The van der Waals surface area contributed by atoms with E-state index < -0.39 is 0 Å². The fourth-order valence-corrected chi connectivity index (χ4v) is 3.81. The first-order valence-electron chi connectivity index (χ1n) is 8.68. The van der Waals surface area contributed by atoms with Crippen LogP contribution >= 0.6 is 0 Å². The van der Waals surface area contributed by atoms with E-state index in [0.717, 1.165) is 40.9 Å². The summed E-state index contributed by atoms with van der Waals surface area (Å²) in [4.78, 5) is 12.6. The Morgan fingerprint density at radius 3 is 2.09 bits per heavy atom. The number of nitrogens with one attached hydrogen (secondary N) is 1. The van der Waals surface area contributed by atoms with Crippen LogP contribution in [0.3, 0.4) is 0 Å². The Bertz CT molecular complexity index is 505. The maximum Gasteiger partial charge on any atom is 0.279 e. The third-order valence-corrected chi connectivity index (χ3v) is 5.11. The number of benzene rings is 1. The summed E-state index contributed by atoms with van der Waals surface area (Å²) in [6.07, 6.45) is 5.14. The van der Waals surface area contributed by atoms with Crippen LogP contribution in [0.2, 0.25) is 0 Å². The number of nitrogens with zero attached hydrogens (tertiary/aromatic N) is 1. The highest BCUT2D eigenvalue weighted by atomic mass is 16.2. The van der Waals surface area contributed by atoms with Gasteiger partial charge in [0.15, 0.2) is 6.54 Å². The lowest BCUT2D eigenvalue weighted by molar-refractivity contribution is -0.918. The normalized spacial score (nSPS) is 17.8. The molecule has 3 heteroatoms. The van der Waals surface area contributed by atoms with Crippen LogP contribution in [0.4, 0.5) is 5.69 Å². The van der Waals surface area contributed by atoms with Crippen LogP contribution in [-0.2, 0) is 4.79 Å². The quantitative estimate of drug-likeness (QED) is 0.838. The molecule has 1 saturated heterocycles. The maximum atomic E-state index is 12.6. The average molecular weight is 303 g/mol. The Morgan fingerprint density at radius 2 is 1.59 bits per heavy atom. The molecule has 1 aromatic rings. The van der Waals surface area contributed by atoms with Gasteiger partial charge in [-0.2, -0.15) is 0 Å². The molecule has 0 unspecified atom stereocenters. The van der Waals surface area contributed by atoms with Gasteiger partial charge >= 0.3 is 0 Å². The van der Waals surface area contributed by atoms with Gasteiger partial charge in [0.25, 0.3) is 5.91 Å². The van der Waals surface area contributed by atoms with Crippen LogP contribution in [0.25, 0.3) is 0 Å². The Kier molecular flexibility index (Phi) is 5.63. The summed E-state index contributed by atoms with van der Waals surface area (Å²) in [5.74, 6) is 0.166. The molecule has 3 nitrogen and oxygen atoms in total. The van der Waals surface area contributed by atoms with Gasteiger partial charge in [-0.15, -0.1) is 0 Å². The fourth-order valence-electron chi connectivity index (χ4n) is 3.81. The number of rotatable bonds is 4. The van der Waals surface area contributed by atoms with Gasteiger partial charge in [0, 0.05) is 5.69 Å². The van der Waals surface area contributed by atoms with Crippen molar-refractivity contribution in [3.63, 3.8) is 0 Å². The van der Waals surface area contributed by atoms with Crippen LogP contribution in [0.5, 0.6) is 0 Å². The van der Waals surface area contributed by atoms with Crippen molar-refractivity contribution in [1.82, 2.24) is 0 Å². The Hall–Kier alpha value is -1.35. The molecular formula is C19H31N2O+. The van der Waals surface area contributed by atoms with Crippen molar-refractivity contribution in [2.45, 2.75) is 53.4 Å². The van der Waals surface area contributed by atoms with E-state index in [1.165, 1.54) is 31.2 Å². The van der Waals surface area contributed by atoms with E-state index in [4.69, 9.17) is 0 Å². The number of carbonyl (C=O) groups excluding carboxylic acids is 1. The van der Waals surface area contributed by atoms with Crippen molar-refractivity contribution in [2.24, 2.45) is 0 Å². The molecule has 1 aliphatic rings. The first-order chi connectivity index (χ1) is 10.5. The molecule has 2 rings (SSSR count). The number of hydrogen-bond donors (Lipinski definition) is 1.